The van der Waals surface area contributed by atoms with Gasteiger partial charge in [0.15, 0.2) is 0 Å². The Balaban J connectivity index is 1.71. The van der Waals surface area contributed by atoms with E-state index in [9.17, 15) is 5.11 Å². The molecule has 1 heterocycles. The molecule has 0 aliphatic carbocycles. The summed E-state index contributed by atoms with van der Waals surface area (Å²) in [5.41, 5.74) is 2.25. The van der Waals surface area contributed by atoms with Crippen LogP contribution in [0.25, 0.3) is 0 Å². The van der Waals surface area contributed by atoms with Gasteiger partial charge >= 0.3 is 0 Å². The van der Waals surface area contributed by atoms with Gasteiger partial charge in [0.25, 0.3) is 0 Å². The SMILES string of the molecule is CC1OC1COc1ccc(C(C)(C)c2ccc(O)cc2)cc1. The zero-order valence-electron chi connectivity index (χ0n) is 13.2. The van der Waals surface area contributed by atoms with E-state index in [2.05, 4.69) is 32.9 Å². The monoisotopic (exact) mass is 298 g/mol. The third-order valence-corrected chi connectivity index (χ3v) is 4.42. The fourth-order valence-electron chi connectivity index (χ4n) is 2.60. The summed E-state index contributed by atoms with van der Waals surface area (Å²) in [5, 5.41) is 9.43. The Labute approximate surface area is 131 Å². The minimum Gasteiger partial charge on any atom is -0.508 e. The molecule has 0 aromatic heterocycles. The van der Waals surface area contributed by atoms with E-state index in [0.29, 0.717) is 18.5 Å². The van der Waals surface area contributed by atoms with Crippen molar-refractivity contribution in [1.82, 2.24) is 0 Å². The molecule has 1 N–H and O–H groups in total. The molecule has 0 bridgehead atoms. The molecule has 1 fully saturated rings. The van der Waals surface area contributed by atoms with Crippen LogP contribution in [-0.2, 0) is 10.2 Å². The smallest absolute Gasteiger partial charge is 0.119 e. The molecule has 1 aliphatic rings. The van der Waals surface area contributed by atoms with Crippen LogP contribution < -0.4 is 4.74 Å². The van der Waals surface area contributed by atoms with E-state index >= 15 is 0 Å². The van der Waals surface area contributed by atoms with Crippen molar-refractivity contribution in [3.8, 4) is 11.5 Å². The fourth-order valence-corrected chi connectivity index (χ4v) is 2.60. The van der Waals surface area contributed by atoms with Gasteiger partial charge in [-0.3, -0.25) is 0 Å². The Bertz CT molecular complexity index is 629. The van der Waals surface area contributed by atoms with Crippen LogP contribution in [0.15, 0.2) is 48.5 Å². The molecule has 3 heteroatoms. The zero-order chi connectivity index (χ0) is 15.7. The van der Waals surface area contributed by atoms with Gasteiger partial charge in [-0.15, -0.1) is 0 Å². The molecule has 2 atom stereocenters. The minimum absolute atomic E-state index is 0.125. The molecule has 116 valence electrons. The van der Waals surface area contributed by atoms with E-state index in [4.69, 9.17) is 9.47 Å². The highest BCUT2D eigenvalue weighted by Crippen LogP contribution is 2.33. The number of epoxide rings is 1. The van der Waals surface area contributed by atoms with Crippen LogP contribution in [0.1, 0.15) is 31.9 Å². The Morgan fingerprint density at radius 2 is 1.50 bits per heavy atom. The van der Waals surface area contributed by atoms with Crippen LogP contribution >= 0.6 is 0 Å². The molecule has 0 spiro atoms. The highest BCUT2D eigenvalue weighted by atomic mass is 16.6. The first-order chi connectivity index (χ1) is 10.5. The molecule has 1 saturated heterocycles. The van der Waals surface area contributed by atoms with Gasteiger partial charge in [0.05, 0.1) is 6.10 Å². The molecule has 0 amide bonds. The van der Waals surface area contributed by atoms with Gasteiger partial charge in [-0.2, -0.15) is 0 Å². The number of phenols is 1. The van der Waals surface area contributed by atoms with Crippen LogP contribution in [0.2, 0.25) is 0 Å². The maximum absolute atomic E-state index is 9.43. The summed E-state index contributed by atoms with van der Waals surface area (Å²) in [4.78, 5) is 0. The highest BCUT2D eigenvalue weighted by Gasteiger charge is 2.34. The Hall–Kier alpha value is -2.00. The number of rotatable bonds is 5. The third kappa shape index (κ3) is 3.09. The van der Waals surface area contributed by atoms with Crippen LogP contribution in [0, 0.1) is 0 Å². The second-order valence-corrected chi connectivity index (χ2v) is 6.39. The second-order valence-electron chi connectivity index (χ2n) is 6.39. The van der Waals surface area contributed by atoms with Gasteiger partial charge in [0.1, 0.15) is 24.2 Å². The van der Waals surface area contributed by atoms with Crippen molar-refractivity contribution >= 4 is 0 Å². The Morgan fingerprint density at radius 3 is 2.00 bits per heavy atom. The van der Waals surface area contributed by atoms with Gasteiger partial charge in [0.2, 0.25) is 0 Å². The van der Waals surface area contributed by atoms with Crippen molar-refractivity contribution in [2.24, 2.45) is 0 Å². The maximum atomic E-state index is 9.43. The van der Waals surface area contributed by atoms with Crippen LogP contribution in [0.3, 0.4) is 0 Å². The summed E-state index contributed by atoms with van der Waals surface area (Å²) in [7, 11) is 0. The summed E-state index contributed by atoms with van der Waals surface area (Å²) >= 11 is 0. The second kappa shape index (κ2) is 5.65. The first-order valence-electron chi connectivity index (χ1n) is 7.65. The topological polar surface area (TPSA) is 42.0 Å². The lowest BCUT2D eigenvalue weighted by Gasteiger charge is -2.26. The lowest BCUT2D eigenvalue weighted by atomic mass is 9.78. The average molecular weight is 298 g/mol. The third-order valence-electron chi connectivity index (χ3n) is 4.42. The zero-order valence-corrected chi connectivity index (χ0v) is 13.2. The number of benzene rings is 2. The predicted molar refractivity (Wildman–Crippen MR) is 86.5 cm³/mol. The van der Waals surface area contributed by atoms with Crippen LogP contribution in [-0.4, -0.2) is 23.9 Å². The van der Waals surface area contributed by atoms with Crippen molar-refractivity contribution in [1.29, 1.82) is 0 Å². The van der Waals surface area contributed by atoms with E-state index in [1.807, 2.05) is 24.3 Å². The largest absolute Gasteiger partial charge is 0.508 e. The molecule has 2 unspecified atom stereocenters. The summed E-state index contributed by atoms with van der Waals surface area (Å²) in [6, 6.07) is 15.6. The van der Waals surface area contributed by atoms with Gasteiger partial charge in [-0.05, 0) is 42.3 Å². The summed E-state index contributed by atoms with van der Waals surface area (Å²) in [5.74, 6) is 1.16. The number of hydrogen-bond acceptors (Lipinski definition) is 3. The molecule has 0 radical (unpaired) electrons. The van der Waals surface area contributed by atoms with E-state index < -0.39 is 0 Å². The standard InChI is InChI=1S/C19H22O3/c1-13-18(22-13)12-21-17-10-6-15(7-11-17)19(2,3)14-4-8-16(20)9-5-14/h4-11,13,18,20H,12H2,1-3H3. The molecule has 3 rings (SSSR count). The molecule has 22 heavy (non-hydrogen) atoms. The number of aromatic hydroxyl groups is 1. The van der Waals surface area contributed by atoms with Gasteiger partial charge in [-0.25, -0.2) is 0 Å². The number of ether oxygens (including phenoxy) is 2. The fraction of sp³-hybridized carbons (Fsp3) is 0.368. The van der Waals surface area contributed by atoms with Crippen molar-refractivity contribution in [2.45, 2.75) is 38.4 Å². The molecule has 2 aromatic carbocycles. The Kier molecular flexibility index (Phi) is 3.83. The first kappa shape index (κ1) is 14.9. The molecular formula is C19H22O3. The lowest BCUT2D eigenvalue weighted by molar-refractivity contribution is 0.260. The molecule has 3 nitrogen and oxygen atoms in total. The van der Waals surface area contributed by atoms with Gasteiger partial charge < -0.3 is 14.6 Å². The van der Waals surface area contributed by atoms with Crippen molar-refractivity contribution in [3.05, 3.63) is 59.7 Å². The normalized spacial score (nSPS) is 20.7. The lowest BCUT2D eigenvalue weighted by Crippen LogP contribution is -2.18. The molecular weight excluding hydrogens is 276 g/mol. The van der Waals surface area contributed by atoms with Gasteiger partial charge in [0, 0.05) is 5.41 Å². The Morgan fingerprint density at radius 1 is 1.00 bits per heavy atom. The molecule has 0 saturated carbocycles. The first-order valence-corrected chi connectivity index (χ1v) is 7.65. The quantitative estimate of drug-likeness (QED) is 0.852. The molecule has 1 aliphatic heterocycles. The summed E-state index contributed by atoms with van der Waals surface area (Å²) in [6.45, 7) is 7.02. The minimum atomic E-state index is -0.125. The van der Waals surface area contributed by atoms with E-state index in [-0.39, 0.29) is 11.5 Å². The van der Waals surface area contributed by atoms with Crippen LogP contribution in [0.4, 0.5) is 0 Å². The summed E-state index contributed by atoms with van der Waals surface area (Å²) < 4.78 is 11.1. The van der Waals surface area contributed by atoms with E-state index in [1.54, 1.807) is 12.1 Å². The van der Waals surface area contributed by atoms with Crippen LogP contribution in [0.5, 0.6) is 11.5 Å². The van der Waals surface area contributed by atoms with Crippen molar-refractivity contribution in [2.75, 3.05) is 6.61 Å². The van der Waals surface area contributed by atoms with Gasteiger partial charge in [-0.1, -0.05) is 38.1 Å². The maximum Gasteiger partial charge on any atom is 0.119 e. The highest BCUT2D eigenvalue weighted by molar-refractivity contribution is 5.41. The number of phenolic OH excluding ortho intramolecular Hbond substituents is 1. The van der Waals surface area contributed by atoms with E-state index in [0.717, 1.165) is 5.75 Å². The average Bonchev–Trinajstić information content (AvgIpc) is 3.22. The van der Waals surface area contributed by atoms with Crippen molar-refractivity contribution in [3.63, 3.8) is 0 Å². The summed E-state index contributed by atoms with van der Waals surface area (Å²) in [6.07, 6.45) is 0.570. The molecule has 2 aromatic rings. The van der Waals surface area contributed by atoms with E-state index in [1.165, 1.54) is 11.1 Å². The number of hydrogen-bond donors (Lipinski definition) is 1. The van der Waals surface area contributed by atoms with Crippen molar-refractivity contribution < 1.29 is 14.6 Å². The predicted octanol–water partition coefficient (Wildman–Crippen LogP) is 3.88.